The van der Waals surface area contributed by atoms with Gasteiger partial charge < -0.3 is 10.2 Å². The number of nitrogens with one attached hydrogen (secondary N) is 1. The van der Waals surface area contributed by atoms with Crippen molar-refractivity contribution in [2.45, 2.75) is 63.3 Å². The SMILES string of the molecule is Cc1ccccc1CN(C(=O)CN(c1ccc(Cl)c(C(F)(F)F)c1)S(=O)(=O)c1ccccc1)[C@H](Cc1ccccc1)C(=O)NC(C)(C)C. The van der Waals surface area contributed by atoms with Gasteiger partial charge in [-0.25, -0.2) is 8.42 Å². The Morgan fingerprint density at radius 1 is 0.854 bits per heavy atom. The quantitative estimate of drug-likeness (QED) is 0.177. The van der Waals surface area contributed by atoms with Crippen LogP contribution in [0.1, 0.15) is 43.0 Å². The molecule has 0 saturated carbocycles. The zero-order valence-corrected chi connectivity index (χ0v) is 28.5. The predicted molar refractivity (Wildman–Crippen MR) is 181 cm³/mol. The molecule has 0 aromatic heterocycles. The molecule has 0 aliphatic heterocycles. The van der Waals surface area contributed by atoms with E-state index in [0.717, 1.165) is 23.3 Å². The summed E-state index contributed by atoms with van der Waals surface area (Å²) >= 11 is 5.88. The highest BCUT2D eigenvalue weighted by Crippen LogP contribution is 2.38. The molecular weight excluding hydrogens is 663 g/mol. The molecule has 0 radical (unpaired) electrons. The Labute approximate surface area is 284 Å². The van der Waals surface area contributed by atoms with Crippen LogP contribution in [0.15, 0.2) is 108 Å². The molecule has 0 unspecified atom stereocenters. The van der Waals surface area contributed by atoms with Crippen molar-refractivity contribution in [1.82, 2.24) is 10.2 Å². The lowest BCUT2D eigenvalue weighted by atomic mass is 10.00. The van der Waals surface area contributed by atoms with E-state index in [9.17, 15) is 31.2 Å². The number of aryl methyl sites for hydroxylation is 1. The van der Waals surface area contributed by atoms with Crippen molar-refractivity contribution in [1.29, 1.82) is 0 Å². The first-order chi connectivity index (χ1) is 22.5. The van der Waals surface area contributed by atoms with Gasteiger partial charge in [-0.1, -0.05) is 84.4 Å². The molecule has 0 heterocycles. The zero-order valence-electron chi connectivity index (χ0n) is 27.0. The van der Waals surface area contributed by atoms with Crippen LogP contribution in [0.3, 0.4) is 0 Å². The molecule has 0 aliphatic rings. The molecule has 4 rings (SSSR count). The van der Waals surface area contributed by atoms with E-state index >= 15 is 0 Å². The van der Waals surface area contributed by atoms with Gasteiger partial charge in [0.25, 0.3) is 10.0 Å². The Bertz CT molecular complexity index is 1850. The fourth-order valence-electron chi connectivity index (χ4n) is 5.11. The van der Waals surface area contributed by atoms with E-state index in [2.05, 4.69) is 5.32 Å². The number of anilines is 1. The van der Waals surface area contributed by atoms with Crippen molar-refractivity contribution < 1.29 is 31.2 Å². The van der Waals surface area contributed by atoms with Gasteiger partial charge in [0.15, 0.2) is 0 Å². The number of sulfonamides is 1. The van der Waals surface area contributed by atoms with Crippen LogP contribution in [-0.2, 0) is 38.8 Å². The summed E-state index contributed by atoms with van der Waals surface area (Å²) in [6.07, 6.45) is -4.81. The minimum atomic E-state index is -4.90. The molecule has 2 amide bonds. The number of alkyl halides is 3. The predicted octanol–water partition coefficient (Wildman–Crippen LogP) is 7.42. The average molecular weight is 700 g/mol. The second-order valence-corrected chi connectivity index (χ2v) is 14.6. The van der Waals surface area contributed by atoms with Gasteiger partial charge in [-0.15, -0.1) is 0 Å². The molecule has 0 aliphatic carbocycles. The largest absolute Gasteiger partial charge is 0.417 e. The third-order valence-electron chi connectivity index (χ3n) is 7.52. The van der Waals surface area contributed by atoms with Gasteiger partial charge in [0.2, 0.25) is 11.8 Å². The smallest absolute Gasteiger partial charge is 0.350 e. The van der Waals surface area contributed by atoms with Gasteiger partial charge in [-0.3, -0.25) is 13.9 Å². The molecule has 0 fully saturated rings. The lowest BCUT2D eigenvalue weighted by molar-refractivity contribution is -0.140. The van der Waals surface area contributed by atoms with E-state index in [0.29, 0.717) is 15.9 Å². The standard InChI is InChI=1S/C36H37ClF3N3O4S/c1-25-13-11-12-16-27(25)23-42(32(34(45)41-35(2,3)4)21-26-14-7-5-8-15-26)33(44)24-43(48(46,47)29-17-9-6-10-18-29)28-19-20-31(37)30(22-28)36(38,39)40/h5-20,22,32H,21,23-24H2,1-4H3,(H,41,45)/t32-/m1/s1. The molecule has 1 N–H and O–H groups in total. The number of benzene rings is 4. The van der Waals surface area contributed by atoms with Crippen LogP contribution in [0.2, 0.25) is 5.02 Å². The maximum absolute atomic E-state index is 14.6. The summed E-state index contributed by atoms with van der Waals surface area (Å²) in [5.74, 6) is -1.28. The summed E-state index contributed by atoms with van der Waals surface area (Å²) in [5, 5.41) is 2.32. The molecule has 12 heteroatoms. The number of carbonyl (C=O) groups is 2. The third kappa shape index (κ3) is 9.17. The van der Waals surface area contributed by atoms with Crippen LogP contribution < -0.4 is 9.62 Å². The first-order valence-electron chi connectivity index (χ1n) is 15.1. The normalized spacial score (nSPS) is 12.7. The van der Waals surface area contributed by atoms with E-state index in [1.54, 1.807) is 51.1 Å². The van der Waals surface area contributed by atoms with E-state index in [1.807, 2.05) is 37.3 Å². The summed E-state index contributed by atoms with van der Waals surface area (Å²) < 4.78 is 70.7. The Balaban J connectivity index is 1.88. The fraction of sp³-hybridized carbons (Fsp3) is 0.278. The van der Waals surface area contributed by atoms with Crippen LogP contribution in [-0.4, -0.2) is 43.3 Å². The topological polar surface area (TPSA) is 86.8 Å². The molecule has 48 heavy (non-hydrogen) atoms. The van der Waals surface area contributed by atoms with Crippen molar-refractivity contribution in [3.05, 3.63) is 130 Å². The number of carbonyl (C=O) groups excluding carboxylic acids is 2. The highest BCUT2D eigenvalue weighted by Gasteiger charge is 2.38. The number of rotatable bonds is 11. The number of hydrogen-bond donors (Lipinski definition) is 1. The van der Waals surface area contributed by atoms with Crippen LogP contribution in [0.5, 0.6) is 0 Å². The fourth-order valence-corrected chi connectivity index (χ4v) is 6.76. The van der Waals surface area contributed by atoms with Gasteiger partial charge >= 0.3 is 6.18 Å². The molecule has 7 nitrogen and oxygen atoms in total. The minimum absolute atomic E-state index is 0.0752. The van der Waals surface area contributed by atoms with Gasteiger partial charge in [-0.2, -0.15) is 13.2 Å². The Morgan fingerprint density at radius 3 is 2.02 bits per heavy atom. The van der Waals surface area contributed by atoms with Crippen LogP contribution in [0.4, 0.5) is 18.9 Å². The molecule has 4 aromatic carbocycles. The second kappa shape index (κ2) is 14.8. The van der Waals surface area contributed by atoms with Gasteiger partial charge in [0.1, 0.15) is 12.6 Å². The van der Waals surface area contributed by atoms with Crippen molar-refractivity contribution in [3.63, 3.8) is 0 Å². The molecular formula is C36H37ClF3N3O4S. The lowest BCUT2D eigenvalue weighted by Crippen LogP contribution is -2.56. The first-order valence-corrected chi connectivity index (χ1v) is 16.9. The number of halogens is 4. The van der Waals surface area contributed by atoms with Gasteiger partial charge in [-0.05, 0) is 74.7 Å². The molecule has 0 spiro atoms. The molecule has 0 bridgehead atoms. The summed E-state index contributed by atoms with van der Waals surface area (Å²) in [4.78, 5) is 29.6. The number of amides is 2. The minimum Gasteiger partial charge on any atom is -0.350 e. The molecule has 1 atom stereocenters. The summed E-state index contributed by atoms with van der Waals surface area (Å²) in [5.41, 5.74) is -0.0784. The highest BCUT2D eigenvalue weighted by molar-refractivity contribution is 7.92. The van der Waals surface area contributed by atoms with Crippen molar-refractivity contribution in [2.24, 2.45) is 0 Å². The van der Waals surface area contributed by atoms with Crippen molar-refractivity contribution in [2.75, 3.05) is 10.8 Å². The Kier molecular flexibility index (Phi) is 11.3. The number of nitrogens with zero attached hydrogens (tertiary/aromatic N) is 2. The summed E-state index contributed by atoms with van der Waals surface area (Å²) in [6, 6.07) is 24.9. The van der Waals surface area contributed by atoms with Crippen molar-refractivity contribution in [3.8, 4) is 0 Å². The second-order valence-electron chi connectivity index (χ2n) is 12.4. The maximum atomic E-state index is 14.6. The maximum Gasteiger partial charge on any atom is 0.417 e. The van der Waals surface area contributed by atoms with Crippen molar-refractivity contribution >= 4 is 39.1 Å². The zero-order chi connectivity index (χ0) is 35.3. The highest BCUT2D eigenvalue weighted by atomic mass is 35.5. The average Bonchev–Trinajstić information content (AvgIpc) is 3.02. The first kappa shape index (κ1) is 36.5. The van der Waals surface area contributed by atoms with Crippen LogP contribution in [0, 0.1) is 6.92 Å². The Hall–Kier alpha value is -4.35. The lowest BCUT2D eigenvalue weighted by Gasteiger charge is -2.35. The summed E-state index contributed by atoms with van der Waals surface area (Å²) in [6.45, 7) is 6.25. The monoisotopic (exact) mass is 699 g/mol. The van der Waals surface area contributed by atoms with E-state index < -0.39 is 62.4 Å². The molecule has 0 saturated heterocycles. The van der Waals surface area contributed by atoms with E-state index in [1.165, 1.54) is 29.2 Å². The summed E-state index contributed by atoms with van der Waals surface area (Å²) in [7, 11) is -4.60. The molecule has 254 valence electrons. The van der Waals surface area contributed by atoms with Gasteiger partial charge in [0.05, 0.1) is 21.2 Å². The van der Waals surface area contributed by atoms with E-state index in [4.69, 9.17) is 11.6 Å². The third-order valence-corrected chi connectivity index (χ3v) is 9.64. The molecule has 4 aromatic rings. The Morgan fingerprint density at radius 2 is 1.44 bits per heavy atom. The number of hydrogen-bond acceptors (Lipinski definition) is 4. The van der Waals surface area contributed by atoms with Crippen LogP contribution >= 0.6 is 11.6 Å². The van der Waals surface area contributed by atoms with Crippen LogP contribution in [0.25, 0.3) is 0 Å². The van der Waals surface area contributed by atoms with E-state index in [-0.39, 0.29) is 17.9 Å². The van der Waals surface area contributed by atoms with Gasteiger partial charge in [0, 0.05) is 18.5 Å².